The molecule has 32 heavy (non-hydrogen) atoms. The highest BCUT2D eigenvalue weighted by Gasteiger charge is 2.27. The number of amides is 1. The third-order valence-electron chi connectivity index (χ3n) is 6.20. The highest BCUT2D eigenvalue weighted by molar-refractivity contribution is 5.94. The Morgan fingerprint density at radius 3 is 2.53 bits per heavy atom. The monoisotopic (exact) mass is 426 g/mol. The third-order valence-corrected chi connectivity index (χ3v) is 6.20. The van der Waals surface area contributed by atoms with E-state index in [1.165, 1.54) is 0 Å². The molecule has 4 aromatic heterocycles. The highest BCUT2D eigenvalue weighted by atomic mass is 16.2. The Balaban J connectivity index is 1.46. The molecule has 5 heterocycles. The van der Waals surface area contributed by atoms with Gasteiger partial charge in [0.05, 0.1) is 17.5 Å². The van der Waals surface area contributed by atoms with Crippen molar-refractivity contribution in [1.29, 1.82) is 0 Å². The molecule has 0 spiro atoms. The number of rotatable bonds is 4. The van der Waals surface area contributed by atoms with Crippen molar-refractivity contribution in [2.24, 2.45) is 0 Å². The van der Waals surface area contributed by atoms with Gasteiger partial charge in [0.2, 0.25) is 0 Å². The zero-order valence-corrected chi connectivity index (χ0v) is 18.3. The first-order valence-corrected chi connectivity index (χ1v) is 11.1. The van der Waals surface area contributed by atoms with E-state index in [1.807, 2.05) is 29.6 Å². The van der Waals surface area contributed by atoms with Crippen LogP contribution in [0.25, 0.3) is 22.3 Å². The first-order chi connectivity index (χ1) is 15.6. The van der Waals surface area contributed by atoms with Gasteiger partial charge in [0.15, 0.2) is 0 Å². The van der Waals surface area contributed by atoms with E-state index in [2.05, 4.69) is 39.4 Å². The molecular weight excluding hydrogens is 400 g/mol. The molecule has 0 saturated carbocycles. The highest BCUT2D eigenvalue weighted by Crippen LogP contribution is 2.34. The van der Waals surface area contributed by atoms with Crippen LogP contribution in [0.4, 0.5) is 0 Å². The van der Waals surface area contributed by atoms with E-state index < -0.39 is 0 Å². The van der Waals surface area contributed by atoms with Crippen LogP contribution >= 0.6 is 0 Å². The number of piperidine rings is 1. The van der Waals surface area contributed by atoms with Crippen molar-refractivity contribution in [3.05, 3.63) is 72.7 Å². The van der Waals surface area contributed by atoms with E-state index >= 15 is 0 Å². The van der Waals surface area contributed by atoms with E-state index in [0.717, 1.165) is 53.9 Å². The van der Waals surface area contributed by atoms with Crippen molar-refractivity contribution in [2.75, 3.05) is 13.1 Å². The van der Waals surface area contributed by atoms with Crippen LogP contribution in [-0.2, 0) is 0 Å². The minimum atomic E-state index is 0.0724. The van der Waals surface area contributed by atoms with Gasteiger partial charge in [-0.2, -0.15) is 0 Å². The van der Waals surface area contributed by atoms with Gasteiger partial charge in [-0.1, -0.05) is 0 Å². The maximum atomic E-state index is 12.8. The predicted octanol–water partition coefficient (Wildman–Crippen LogP) is 4.49. The first kappa shape index (κ1) is 20.3. The Bertz CT molecular complexity index is 1230. The van der Waals surface area contributed by atoms with Crippen molar-refractivity contribution in [3.8, 4) is 11.3 Å². The summed E-state index contributed by atoms with van der Waals surface area (Å²) >= 11 is 0. The summed E-state index contributed by atoms with van der Waals surface area (Å²) in [7, 11) is 0. The normalized spacial score (nSPS) is 14.9. The lowest BCUT2D eigenvalue weighted by Crippen LogP contribution is -2.38. The summed E-state index contributed by atoms with van der Waals surface area (Å²) in [5, 5.41) is 0. The number of nitrogens with zero attached hydrogens (tertiary/aromatic N) is 6. The third kappa shape index (κ3) is 3.75. The van der Waals surface area contributed by atoms with Gasteiger partial charge >= 0.3 is 0 Å². The first-order valence-electron chi connectivity index (χ1n) is 11.1. The van der Waals surface area contributed by atoms with Gasteiger partial charge in [-0.25, -0.2) is 4.98 Å². The van der Waals surface area contributed by atoms with Crippen LogP contribution in [0.3, 0.4) is 0 Å². The number of aromatic nitrogens is 5. The molecule has 1 aliphatic rings. The van der Waals surface area contributed by atoms with Gasteiger partial charge in [-0.3, -0.25) is 19.7 Å². The van der Waals surface area contributed by atoms with E-state index in [0.29, 0.717) is 17.5 Å². The molecule has 0 unspecified atom stereocenters. The van der Waals surface area contributed by atoms with Crippen molar-refractivity contribution < 1.29 is 4.79 Å². The van der Waals surface area contributed by atoms with Crippen LogP contribution < -0.4 is 0 Å². The van der Waals surface area contributed by atoms with Crippen LogP contribution in [-0.4, -0.2) is 48.4 Å². The standard InChI is InChI=1S/C25H26N6O/c1-17(2)31-16-28-24-22(31)14-21(29-23(24)20-4-3-9-27-15-20)18-7-12-30(13-8-18)25(32)19-5-10-26-11-6-19/h3-6,9-11,14-18H,7-8,12-13H2,1-2H3. The van der Waals surface area contributed by atoms with Gasteiger partial charge < -0.3 is 9.47 Å². The molecule has 0 bridgehead atoms. The van der Waals surface area contributed by atoms with Crippen LogP contribution in [0.1, 0.15) is 54.7 Å². The number of imidazole rings is 1. The van der Waals surface area contributed by atoms with Gasteiger partial charge in [-0.15, -0.1) is 0 Å². The lowest BCUT2D eigenvalue weighted by atomic mass is 9.92. The number of hydrogen-bond acceptors (Lipinski definition) is 5. The fourth-order valence-corrected chi connectivity index (χ4v) is 4.43. The van der Waals surface area contributed by atoms with E-state index in [4.69, 9.17) is 4.98 Å². The van der Waals surface area contributed by atoms with Crippen molar-refractivity contribution in [3.63, 3.8) is 0 Å². The Hall–Kier alpha value is -3.61. The number of carbonyl (C=O) groups is 1. The number of hydrogen-bond donors (Lipinski definition) is 0. The van der Waals surface area contributed by atoms with Crippen molar-refractivity contribution >= 4 is 16.9 Å². The Morgan fingerprint density at radius 2 is 1.84 bits per heavy atom. The molecular formula is C25H26N6O. The average molecular weight is 427 g/mol. The minimum absolute atomic E-state index is 0.0724. The summed E-state index contributed by atoms with van der Waals surface area (Å²) in [5.74, 6) is 0.370. The largest absolute Gasteiger partial charge is 0.339 e. The van der Waals surface area contributed by atoms with E-state index in [1.54, 1.807) is 30.7 Å². The number of pyridine rings is 3. The second kappa shape index (κ2) is 8.49. The van der Waals surface area contributed by atoms with Crippen molar-refractivity contribution in [1.82, 2.24) is 29.4 Å². The summed E-state index contributed by atoms with van der Waals surface area (Å²) in [6.45, 7) is 5.76. The number of fused-ring (bicyclic) bond motifs is 1. The lowest BCUT2D eigenvalue weighted by Gasteiger charge is -2.32. The van der Waals surface area contributed by atoms with Gasteiger partial charge in [0.1, 0.15) is 5.52 Å². The van der Waals surface area contributed by atoms with Gasteiger partial charge in [0, 0.05) is 66.7 Å². The molecule has 0 aliphatic carbocycles. The van der Waals surface area contributed by atoms with Crippen LogP contribution in [0, 0.1) is 0 Å². The average Bonchev–Trinajstić information content (AvgIpc) is 3.29. The Morgan fingerprint density at radius 1 is 1.06 bits per heavy atom. The molecule has 7 nitrogen and oxygen atoms in total. The van der Waals surface area contributed by atoms with Crippen LogP contribution in [0.5, 0.6) is 0 Å². The summed E-state index contributed by atoms with van der Waals surface area (Å²) in [4.78, 5) is 32.8. The summed E-state index contributed by atoms with van der Waals surface area (Å²) in [6, 6.07) is 10.00. The SMILES string of the molecule is CC(C)n1cnc2c(-c3cccnc3)nc(C3CCN(C(=O)c4ccncc4)CC3)cc21. The summed E-state index contributed by atoms with van der Waals surface area (Å²) in [6.07, 6.45) is 10.6. The summed E-state index contributed by atoms with van der Waals surface area (Å²) < 4.78 is 2.20. The maximum absolute atomic E-state index is 12.8. The van der Waals surface area contributed by atoms with E-state index in [9.17, 15) is 4.79 Å². The fraction of sp³-hybridized carbons (Fsp3) is 0.320. The Labute approximate surface area is 187 Å². The molecule has 0 radical (unpaired) electrons. The van der Waals surface area contributed by atoms with Crippen molar-refractivity contribution in [2.45, 2.75) is 38.6 Å². The van der Waals surface area contributed by atoms with Crippen LogP contribution in [0.2, 0.25) is 0 Å². The number of likely N-dealkylation sites (tertiary alicyclic amines) is 1. The molecule has 0 N–H and O–H groups in total. The quantitative estimate of drug-likeness (QED) is 0.481. The topological polar surface area (TPSA) is 76.8 Å². The summed E-state index contributed by atoms with van der Waals surface area (Å²) in [5.41, 5.74) is 5.60. The minimum Gasteiger partial charge on any atom is -0.339 e. The molecule has 5 rings (SSSR count). The molecule has 0 atom stereocenters. The molecule has 162 valence electrons. The second-order valence-electron chi connectivity index (χ2n) is 8.55. The fourth-order valence-electron chi connectivity index (χ4n) is 4.43. The molecule has 7 heteroatoms. The van der Waals surface area contributed by atoms with E-state index in [-0.39, 0.29) is 5.91 Å². The predicted molar refractivity (Wildman–Crippen MR) is 123 cm³/mol. The molecule has 1 fully saturated rings. The molecule has 1 aliphatic heterocycles. The maximum Gasteiger partial charge on any atom is 0.253 e. The zero-order valence-electron chi connectivity index (χ0n) is 18.3. The zero-order chi connectivity index (χ0) is 22.1. The molecule has 1 amide bonds. The smallest absolute Gasteiger partial charge is 0.253 e. The molecule has 4 aromatic rings. The molecule has 1 saturated heterocycles. The second-order valence-corrected chi connectivity index (χ2v) is 8.55. The lowest BCUT2D eigenvalue weighted by molar-refractivity contribution is 0.0712. The van der Waals surface area contributed by atoms with Gasteiger partial charge in [0.25, 0.3) is 5.91 Å². The Kier molecular flexibility index (Phi) is 5.39. The number of carbonyl (C=O) groups excluding carboxylic acids is 1. The molecule has 0 aromatic carbocycles. The van der Waals surface area contributed by atoms with Crippen LogP contribution in [0.15, 0.2) is 61.4 Å². The van der Waals surface area contributed by atoms with Gasteiger partial charge in [-0.05, 0) is 57.0 Å².